The van der Waals surface area contributed by atoms with E-state index in [2.05, 4.69) is 5.32 Å². The van der Waals surface area contributed by atoms with Crippen LogP contribution >= 0.6 is 11.6 Å². The molecule has 0 fully saturated rings. The molecule has 0 bridgehead atoms. The summed E-state index contributed by atoms with van der Waals surface area (Å²) >= 11 is 5.97. The number of halogens is 1. The summed E-state index contributed by atoms with van der Waals surface area (Å²) in [7, 11) is -2.52. The molecule has 2 amide bonds. The molecule has 1 N–H and O–H groups in total. The zero-order valence-corrected chi connectivity index (χ0v) is 21.5. The highest BCUT2D eigenvalue weighted by molar-refractivity contribution is 7.89. The Labute approximate surface area is 201 Å². The monoisotopic (exact) mass is 493 g/mol. The Bertz CT molecular complexity index is 1080. The highest BCUT2D eigenvalue weighted by Gasteiger charge is 2.31. The van der Waals surface area contributed by atoms with Gasteiger partial charge in [0, 0.05) is 24.2 Å². The second-order valence-electron chi connectivity index (χ2n) is 9.14. The van der Waals surface area contributed by atoms with Crippen molar-refractivity contribution in [2.75, 3.05) is 13.6 Å². The van der Waals surface area contributed by atoms with Gasteiger partial charge in [0.2, 0.25) is 21.8 Å². The average Bonchev–Trinajstić information content (AvgIpc) is 2.71. The fourth-order valence-electron chi connectivity index (χ4n) is 3.10. The third-order valence-electron chi connectivity index (χ3n) is 5.02. The van der Waals surface area contributed by atoms with Gasteiger partial charge in [-0.25, -0.2) is 8.42 Å². The molecule has 33 heavy (non-hydrogen) atoms. The van der Waals surface area contributed by atoms with Crippen LogP contribution in [-0.4, -0.2) is 54.6 Å². The first-order valence-corrected chi connectivity index (χ1v) is 12.4. The summed E-state index contributed by atoms with van der Waals surface area (Å²) in [5.74, 6) is -0.812. The molecular weight excluding hydrogens is 462 g/mol. The molecule has 0 spiro atoms. The van der Waals surface area contributed by atoms with Crippen LogP contribution in [0.5, 0.6) is 0 Å². The van der Waals surface area contributed by atoms with Crippen molar-refractivity contribution in [1.82, 2.24) is 14.5 Å². The van der Waals surface area contributed by atoms with Crippen LogP contribution in [0.3, 0.4) is 0 Å². The molecule has 0 aromatic heterocycles. The van der Waals surface area contributed by atoms with Crippen molar-refractivity contribution in [3.63, 3.8) is 0 Å². The Morgan fingerprint density at radius 3 is 2.09 bits per heavy atom. The van der Waals surface area contributed by atoms with E-state index in [0.29, 0.717) is 5.02 Å². The topological polar surface area (TPSA) is 86.8 Å². The number of hydrogen-bond acceptors (Lipinski definition) is 4. The number of benzene rings is 2. The van der Waals surface area contributed by atoms with Gasteiger partial charge in [-0.2, -0.15) is 4.31 Å². The first-order valence-electron chi connectivity index (χ1n) is 10.6. The smallest absolute Gasteiger partial charge is 0.243 e. The van der Waals surface area contributed by atoms with E-state index in [0.717, 1.165) is 15.4 Å². The summed E-state index contributed by atoms with van der Waals surface area (Å²) in [6.07, 6.45) is 0. The van der Waals surface area contributed by atoms with Crippen LogP contribution in [0, 0.1) is 6.92 Å². The van der Waals surface area contributed by atoms with E-state index in [1.54, 1.807) is 43.3 Å². The Hall–Kier alpha value is -2.42. The second-order valence-corrected chi connectivity index (χ2v) is 11.6. The Kier molecular flexibility index (Phi) is 8.68. The SMILES string of the molecule is Cc1ccc(S(=O)(=O)N(C)CC(=O)N(Cc2ccc(Cl)cc2)C(C)C(=O)NC(C)(C)C)cc1. The van der Waals surface area contributed by atoms with Gasteiger partial charge in [0.05, 0.1) is 11.4 Å². The quantitative estimate of drug-likeness (QED) is 0.608. The molecule has 0 aliphatic carbocycles. The van der Waals surface area contributed by atoms with Crippen LogP contribution in [-0.2, 0) is 26.2 Å². The predicted octanol–water partition coefficient (Wildman–Crippen LogP) is 3.60. The molecule has 1 unspecified atom stereocenters. The molecule has 0 aliphatic heterocycles. The van der Waals surface area contributed by atoms with Crippen LogP contribution in [0.4, 0.5) is 0 Å². The fraction of sp³-hybridized carbons (Fsp3) is 0.417. The molecule has 2 rings (SSSR count). The van der Waals surface area contributed by atoms with Crippen molar-refractivity contribution in [2.45, 2.75) is 57.6 Å². The number of likely N-dealkylation sites (N-methyl/N-ethyl adjacent to an activating group) is 1. The van der Waals surface area contributed by atoms with Crippen molar-refractivity contribution >= 4 is 33.4 Å². The van der Waals surface area contributed by atoms with Crippen molar-refractivity contribution in [2.24, 2.45) is 0 Å². The molecule has 0 saturated heterocycles. The van der Waals surface area contributed by atoms with Crippen molar-refractivity contribution in [3.05, 3.63) is 64.7 Å². The van der Waals surface area contributed by atoms with Gasteiger partial charge in [-0.3, -0.25) is 9.59 Å². The summed E-state index contributed by atoms with van der Waals surface area (Å²) in [5.41, 5.74) is 1.22. The van der Waals surface area contributed by atoms with Crippen LogP contribution in [0.15, 0.2) is 53.4 Å². The zero-order valence-electron chi connectivity index (χ0n) is 19.9. The van der Waals surface area contributed by atoms with E-state index in [-0.39, 0.29) is 17.3 Å². The summed E-state index contributed by atoms with van der Waals surface area (Å²) < 4.78 is 26.9. The molecule has 180 valence electrons. The summed E-state index contributed by atoms with van der Waals surface area (Å²) in [5, 5.41) is 3.43. The van der Waals surface area contributed by atoms with Crippen LogP contribution < -0.4 is 5.32 Å². The van der Waals surface area contributed by atoms with Gasteiger partial charge >= 0.3 is 0 Å². The Morgan fingerprint density at radius 1 is 1.03 bits per heavy atom. The number of amides is 2. The molecule has 0 aliphatic rings. The maximum Gasteiger partial charge on any atom is 0.243 e. The molecule has 0 heterocycles. The van der Waals surface area contributed by atoms with Crippen LogP contribution in [0.2, 0.25) is 5.02 Å². The van der Waals surface area contributed by atoms with E-state index in [1.807, 2.05) is 27.7 Å². The maximum atomic E-state index is 13.3. The minimum Gasteiger partial charge on any atom is -0.350 e. The van der Waals surface area contributed by atoms with E-state index in [1.165, 1.54) is 24.1 Å². The van der Waals surface area contributed by atoms with Gasteiger partial charge in [-0.1, -0.05) is 41.4 Å². The van der Waals surface area contributed by atoms with Gasteiger partial charge in [-0.15, -0.1) is 0 Å². The summed E-state index contributed by atoms with van der Waals surface area (Å²) in [4.78, 5) is 27.6. The number of sulfonamides is 1. The molecule has 9 heteroatoms. The first-order chi connectivity index (χ1) is 15.2. The molecular formula is C24H32ClN3O4S. The number of carbonyl (C=O) groups excluding carboxylic acids is 2. The largest absolute Gasteiger partial charge is 0.350 e. The third kappa shape index (κ3) is 7.55. The summed E-state index contributed by atoms with van der Waals surface area (Å²) in [6, 6.07) is 12.5. The molecule has 0 radical (unpaired) electrons. The van der Waals surface area contributed by atoms with E-state index in [9.17, 15) is 18.0 Å². The molecule has 0 saturated carbocycles. The van der Waals surface area contributed by atoms with Crippen molar-refractivity contribution in [1.29, 1.82) is 0 Å². The lowest BCUT2D eigenvalue weighted by Crippen LogP contribution is -2.54. The van der Waals surface area contributed by atoms with Crippen LogP contribution in [0.25, 0.3) is 0 Å². The van der Waals surface area contributed by atoms with Gasteiger partial charge in [0.15, 0.2) is 0 Å². The van der Waals surface area contributed by atoms with Gasteiger partial charge in [-0.05, 0) is 64.4 Å². The zero-order chi connectivity index (χ0) is 25.0. The number of nitrogens with one attached hydrogen (secondary N) is 1. The van der Waals surface area contributed by atoms with Crippen molar-refractivity contribution < 1.29 is 18.0 Å². The van der Waals surface area contributed by atoms with E-state index < -0.39 is 34.1 Å². The van der Waals surface area contributed by atoms with Gasteiger partial charge in [0.1, 0.15) is 6.04 Å². The lowest BCUT2D eigenvalue weighted by Gasteiger charge is -2.32. The standard InChI is InChI=1S/C24H32ClN3O4S/c1-17-7-13-21(14-8-17)33(31,32)27(6)16-22(29)28(15-19-9-11-20(25)12-10-19)18(2)23(30)26-24(3,4)5/h7-14,18H,15-16H2,1-6H3,(H,26,30). The average molecular weight is 494 g/mol. The Balaban J connectivity index is 2.28. The Morgan fingerprint density at radius 2 is 1.58 bits per heavy atom. The van der Waals surface area contributed by atoms with Crippen molar-refractivity contribution in [3.8, 4) is 0 Å². The fourth-order valence-corrected chi connectivity index (χ4v) is 4.35. The number of rotatable bonds is 8. The normalized spacial score (nSPS) is 13.0. The van der Waals surface area contributed by atoms with Gasteiger partial charge in [0.25, 0.3) is 0 Å². The molecule has 7 nitrogen and oxygen atoms in total. The lowest BCUT2D eigenvalue weighted by atomic mass is 10.1. The lowest BCUT2D eigenvalue weighted by molar-refractivity contribution is -0.141. The van der Waals surface area contributed by atoms with Crippen LogP contribution in [0.1, 0.15) is 38.8 Å². The number of hydrogen-bond donors (Lipinski definition) is 1. The molecule has 1 atom stereocenters. The predicted molar refractivity (Wildman–Crippen MR) is 130 cm³/mol. The highest BCUT2D eigenvalue weighted by atomic mass is 35.5. The molecule has 2 aromatic carbocycles. The van der Waals surface area contributed by atoms with E-state index in [4.69, 9.17) is 11.6 Å². The summed E-state index contributed by atoms with van der Waals surface area (Å²) in [6.45, 7) is 8.77. The maximum absolute atomic E-state index is 13.3. The second kappa shape index (κ2) is 10.7. The number of nitrogens with zero attached hydrogens (tertiary/aromatic N) is 2. The minimum atomic E-state index is -3.87. The minimum absolute atomic E-state index is 0.103. The number of aryl methyl sites for hydroxylation is 1. The number of carbonyl (C=O) groups is 2. The third-order valence-corrected chi connectivity index (χ3v) is 7.09. The first kappa shape index (κ1) is 26.8. The van der Waals surface area contributed by atoms with E-state index >= 15 is 0 Å². The highest BCUT2D eigenvalue weighted by Crippen LogP contribution is 2.18. The van der Waals surface area contributed by atoms with Gasteiger partial charge < -0.3 is 10.2 Å². The molecule has 2 aromatic rings.